The fourth-order valence-electron chi connectivity index (χ4n) is 5.57. The number of aromatic nitrogens is 1. The SMILES string of the molecule is [2H]C([2H])([2H])c1ccc(-c2c(C)ccc3c2C(C)(C)C(C)(C)c2c-3ccc3ccccc23)[n+](C)c1. The second-order valence-electron chi connectivity index (χ2n) is 10.1. The van der Waals surface area contributed by atoms with E-state index in [0.29, 0.717) is 5.56 Å². The van der Waals surface area contributed by atoms with Crippen molar-refractivity contribution >= 4 is 10.8 Å². The molecule has 1 heteroatoms. The fraction of sp³-hybridized carbons (Fsp3) is 0.300. The Morgan fingerprint density at radius 1 is 0.774 bits per heavy atom. The largest absolute Gasteiger partial charge is 0.212 e. The molecule has 156 valence electrons. The highest BCUT2D eigenvalue weighted by Crippen LogP contribution is 2.57. The molecule has 0 unspecified atom stereocenters. The molecule has 1 aliphatic carbocycles. The third-order valence-electron chi connectivity index (χ3n) is 7.83. The lowest BCUT2D eigenvalue weighted by atomic mass is 9.53. The summed E-state index contributed by atoms with van der Waals surface area (Å²) in [6.45, 7) is 9.48. The van der Waals surface area contributed by atoms with E-state index in [9.17, 15) is 0 Å². The van der Waals surface area contributed by atoms with Gasteiger partial charge in [0.2, 0.25) is 5.69 Å². The highest BCUT2D eigenvalue weighted by atomic mass is 14.9. The highest BCUT2D eigenvalue weighted by Gasteiger charge is 2.48. The summed E-state index contributed by atoms with van der Waals surface area (Å²) in [6.07, 6.45) is 1.75. The molecule has 4 aromatic rings. The standard InChI is InChI=1S/C30H32N/c1-19-12-17-25(31(7)18-19)26-20(2)13-15-24-23-16-14-21-10-8-9-11-22(21)27(23)29(3,4)30(5,6)28(24)26/h8-18H,1-7H3/q+1/i1D3. The molecule has 0 amide bonds. The zero-order chi connectivity index (χ0) is 24.6. The van der Waals surface area contributed by atoms with Crippen molar-refractivity contribution in [2.45, 2.75) is 52.3 Å². The molecule has 0 bridgehead atoms. The number of nitrogens with zero attached hydrogens (tertiary/aromatic N) is 1. The van der Waals surface area contributed by atoms with E-state index in [1.54, 1.807) is 12.3 Å². The van der Waals surface area contributed by atoms with Crippen LogP contribution < -0.4 is 4.57 Å². The second kappa shape index (κ2) is 6.53. The van der Waals surface area contributed by atoms with Crippen LogP contribution in [0.1, 0.15) is 54.1 Å². The van der Waals surface area contributed by atoms with Crippen LogP contribution in [0.2, 0.25) is 0 Å². The number of hydrogen-bond donors (Lipinski definition) is 0. The van der Waals surface area contributed by atoms with Gasteiger partial charge in [0.25, 0.3) is 0 Å². The summed E-state index contributed by atoms with van der Waals surface area (Å²) in [5.41, 5.74) is 8.79. The van der Waals surface area contributed by atoms with Gasteiger partial charge in [-0.3, -0.25) is 0 Å². The van der Waals surface area contributed by atoms with Crippen LogP contribution in [0, 0.1) is 13.8 Å². The molecule has 31 heavy (non-hydrogen) atoms. The molecule has 0 aliphatic heterocycles. The molecule has 0 radical (unpaired) electrons. The predicted octanol–water partition coefficient (Wildman–Crippen LogP) is 7.18. The van der Waals surface area contributed by atoms with Crippen molar-refractivity contribution in [3.8, 4) is 22.4 Å². The number of benzene rings is 3. The molecule has 5 rings (SSSR count). The smallest absolute Gasteiger partial charge is 0.201 e. The Bertz CT molecular complexity index is 1460. The molecule has 1 aliphatic rings. The van der Waals surface area contributed by atoms with E-state index in [0.717, 1.165) is 5.69 Å². The summed E-state index contributed by atoms with van der Waals surface area (Å²) in [5, 5.41) is 2.59. The van der Waals surface area contributed by atoms with Crippen LogP contribution in [0.4, 0.5) is 0 Å². The van der Waals surface area contributed by atoms with Gasteiger partial charge in [-0.05, 0) is 58.4 Å². The Hall–Kier alpha value is -2.93. The van der Waals surface area contributed by atoms with E-state index in [1.807, 2.05) is 17.7 Å². The first-order valence-electron chi connectivity index (χ1n) is 12.5. The van der Waals surface area contributed by atoms with Gasteiger partial charge in [0.15, 0.2) is 6.20 Å². The van der Waals surface area contributed by atoms with E-state index in [-0.39, 0.29) is 10.8 Å². The highest BCUT2D eigenvalue weighted by molar-refractivity contribution is 5.97. The first kappa shape index (κ1) is 16.7. The molecular formula is C30H32N+. The van der Waals surface area contributed by atoms with Crippen LogP contribution in [0.5, 0.6) is 0 Å². The number of rotatable bonds is 1. The quantitative estimate of drug-likeness (QED) is 0.293. The third-order valence-corrected chi connectivity index (χ3v) is 7.83. The normalized spacial score (nSPS) is 17.9. The molecule has 3 aromatic carbocycles. The van der Waals surface area contributed by atoms with Gasteiger partial charge in [-0.25, -0.2) is 4.57 Å². The number of hydrogen-bond acceptors (Lipinski definition) is 0. The van der Waals surface area contributed by atoms with Gasteiger partial charge in [0.1, 0.15) is 7.05 Å². The summed E-state index contributed by atoms with van der Waals surface area (Å²) in [4.78, 5) is 0. The molecule has 0 fully saturated rings. The maximum absolute atomic E-state index is 7.82. The zero-order valence-corrected chi connectivity index (χ0v) is 19.3. The van der Waals surface area contributed by atoms with Gasteiger partial charge in [0.05, 0.1) is 5.56 Å². The van der Waals surface area contributed by atoms with Crippen LogP contribution in [-0.2, 0) is 17.9 Å². The van der Waals surface area contributed by atoms with Gasteiger partial charge in [-0.1, -0.05) is 76.2 Å². The maximum atomic E-state index is 7.82. The Kier molecular flexibility index (Phi) is 3.52. The van der Waals surface area contributed by atoms with Crippen LogP contribution in [0.25, 0.3) is 33.2 Å². The summed E-state index contributed by atoms with van der Waals surface area (Å²) in [7, 11) is 1.95. The van der Waals surface area contributed by atoms with Crippen LogP contribution in [0.3, 0.4) is 0 Å². The minimum absolute atomic E-state index is 0.129. The van der Waals surface area contributed by atoms with E-state index >= 15 is 0 Å². The van der Waals surface area contributed by atoms with Crippen molar-refractivity contribution in [2.24, 2.45) is 7.05 Å². The molecule has 0 N–H and O–H groups in total. The summed E-state index contributed by atoms with van der Waals surface area (Å²) in [5.74, 6) is 0. The average Bonchev–Trinajstić information content (AvgIpc) is 2.76. The van der Waals surface area contributed by atoms with Gasteiger partial charge in [-0.15, -0.1) is 0 Å². The van der Waals surface area contributed by atoms with Crippen LogP contribution >= 0.6 is 0 Å². The second-order valence-corrected chi connectivity index (χ2v) is 10.1. The fourth-order valence-corrected chi connectivity index (χ4v) is 5.57. The summed E-state index contributed by atoms with van der Waals surface area (Å²) in [6, 6.07) is 21.4. The van der Waals surface area contributed by atoms with Gasteiger partial charge < -0.3 is 0 Å². The van der Waals surface area contributed by atoms with Crippen molar-refractivity contribution in [1.82, 2.24) is 0 Å². The van der Waals surface area contributed by atoms with E-state index in [1.165, 1.54) is 44.2 Å². The van der Waals surface area contributed by atoms with Gasteiger partial charge in [-0.2, -0.15) is 0 Å². The Morgan fingerprint density at radius 2 is 1.45 bits per heavy atom. The first-order valence-corrected chi connectivity index (χ1v) is 11.0. The lowest BCUT2D eigenvalue weighted by molar-refractivity contribution is -0.660. The minimum atomic E-state index is -2.12. The lowest BCUT2D eigenvalue weighted by Crippen LogP contribution is -2.45. The molecule has 1 aromatic heterocycles. The molecule has 1 heterocycles. The van der Waals surface area contributed by atoms with E-state index < -0.39 is 6.85 Å². The first-order chi connectivity index (χ1) is 15.9. The van der Waals surface area contributed by atoms with Crippen LogP contribution in [0.15, 0.2) is 66.9 Å². The average molecular weight is 410 g/mol. The van der Waals surface area contributed by atoms with Crippen molar-refractivity contribution < 1.29 is 8.68 Å². The number of pyridine rings is 1. The topological polar surface area (TPSA) is 3.88 Å². The van der Waals surface area contributed by atoms with Gasteiger partial charge in [0, 0.05) is 26.6 Å². The lowest BCUT2D eigenvalue weighted by Gasteiger charge is -2.49. The minimum Gasteiger partial charge on any atom is -0.201 e. The van der Waals surface area contributed by atoms with Crippen molar-refractivity contribution in [2.75, 3.05) is 0 Å². The number of aryl methyl sites for hydroxylation is 3. The van der Waals surface area contributed by atoms with Crippen molar-refractivity contribution in [1.29, 1.82) is 0 Å². The Morgan fingerprint density at radius 3 is 2.19 bits per heavy atom. The molecule has 0 saturated heterocycles. The molecule has 1 nitrogen and oxygen atoms in total. The third kappa shape index (κ3) is 2.65. The van der Waals surface area contributed by atoms with E-state index in [2.05, 4.69) is 83.1 Å². The Labute approximate surface area is 190 Å². The van der Waals surface area contributed by atoms with Crippen LogP contribution in [-0.4, -0.2) is 0 Å². The van der Waals surface area contributed by atoms with Crippen molar-refractivity contribution in [3.05, 3.63) is 89.1 Å². The maximum Gasteiger partial charge on any atom is 0.212 e. The zero-order valence-electron chi connectivity index (χ0n) is 22.3. The monoisotopic (exact) mass is 409 g/mol. The van der Waals surface area contributed by atoms with Gasteiger partial charge >= 0.3 is 0 Å². The Balaban J connectivity index is 1.88. The molecule has 0 saturated carbocycles. The molecule has 0 spiro atoms. The summed E-state index contributed by atoms with van der Waals surface area (Å²) >= 11 is 0. The molecule has 0 atom stereocenters. The van der Waals surface area contributed by atoms with Crippen molar-refractivity contribution in [3.63, 3.8) is 0 Å². The van der Waals surface area contributed by atoms with E-state index in [4.69, 9.17) is 4.11 Å². The summed E-state index contributed by atoms with van der Waals surface area (Å²) < 4.78 is 25.4. The molecular weight excluding hydrogens is 374 g/mol. The number of fused-ring (bicyclic) bond motifs is 5. The predicted molar refractivity (Wildman–Crippen MR) is 132 cm³/mol.